The van der Waals surface area contributed by atoms with Crippen LogP contribution in [0.15, 0.2) is 65.7 Å². The summed E-state index contributed by atoms with van der Waals surface area (Å²) in [6, 6.07) is 18.8. The Hall–Kier alpha value is -3.10. The van der Waals surface area contributed by atoms with E-state index >= 15 is 0 Å². The SMILES string of the molecule is NS(=O)(=O)c1[nH]nc2nnc(-c3ccccc3)c(-c3ccccc3)c12. The molecule has 2 aromatic heterocycles. The highest BCUT2D eigenvalue weighted by Gasteiger charge is 2.24. The predicted octanol–water partition coefficient (Wildman–Crippen LogP) is 2.33. The summed E-state index contributed by atoms with van der Waals surface area (Å²) in [5.41, 5.74) is 2.99. The number of nitrogens with two attached hydrogens (primary N) is 1. The Labute approximate surface area is 143 Å². The highest BCUT2D eigenvalue weighted by atomic mass is 32.2. The van der Waals surface area contributed by atoms with Gasteiger partial charge < -0.3 is 0 Å². The number of rotatable bonds is 3. The van der Waals surface area contributed by atoms with Crippen LogP contribution in [0.3, 0.4) is 0 Å². The van der Waals surface area contributed by atoms with Gasteiger partial charge in [-0.15, -0.1) is 10.2 Å². The number of nitrogens with zero attached hydrogens (tertiary/aromatic N) is 3. The van der Waals surface area contributed by atoms with Crippen molar-refractivity contribution in [1.82, 2.24) is 20.4 Å². The van der Waals surface area contributed by atoms with Crippen LogP contribution in [0.4, 0.5) is 0 Å². The van der Waals surface area contributed by atoms with Crippen molar-refractivity contribution in [2.45, 2.75) is 5.03 Å². The number of aromatic amines is 1. The van der Waals surface area contributed by atoms with Crippen LogP contribution < -0.4 is 5.14 Å². The van der Waals surface area contributed by atoms with E-state index in [0.29, 0.717) is 16.6 Å². The lowest BCUT2D eigenvalue weighted by atomic mass is 9.98. The Morgan fingerprint density at radius 2 is 1.44 bits per heavy atom. The molecule has 0 aliphatic rings. The standard InChI is InChI=1S/C17H13N5O2S/c18-25(23,24)17-14-13(11-7-3-1-4-8-11)15(12-9-5-2-6-10-12)19-20-16(14)21-22-17/h1-10H,(H2,18,23,24)(H,20,21,22). The molecule has 0 aliphatic heterocycles. The highest BCUT2D eigenvalue weighted by molar-refractivity contribution is 7.89. The smallest absolute Gasteiger partial charge is 0.255 e. The van der Waals surface area contributed by atoms with Gasteiger partial charge in [0.25, 0.3) is 10.0 Å². The van der Waals surface area contributed by atoms with Crippen molar-refractivity contribution in [1.29, 1.82) is 0 Å². The van der Waals surface area contributed by atoms with E-state index in [1.807, 2.05) is 60.7 Å². The fourth-order valence-electron chi connectivity index (χ4n) is 2.77. The molecule has 3 N–H and O–H groups in total. The van der Waals surface area contributed by atoms with Crippen LogP contribution in [0.2, 0.25) is 0 Å². The van der Waals surface area contributed by atoms with Crippen LogP contribution in [-0.4, -0.2) is 28.8 Å². The lowest BCUT2D eigenvalue weighted by molar-refractivity contribution is 0.594. The number of fused-ring (bicyclic) bond motifs is 1. The second kappa shape index (κ2) is 5.76. The molecule has 25 heavy (non-hydrogen) atoms. The first kappa shape index (κ1) is 15.4. The summed E-state index contributed by atoms with van der Waals surface area (Å²) in [5, 5.41) is 20.3. The Balaban J connectivity index is 2.17. The maximum Gasteiger partial charge on any atom is 0.255 e. The quantitative estimate of drug-likeness (QED) is 0.588. The van der Waals surface area contributed by atoms with Crippen LogP contribution in [-0.2, 0) is 10.0 Å². The van der Waals surface area contributed by atoms with E-state index in [4.69, 9.17) is 5.14 Å². The van der Waals surface area contributed by atoms with Gasteiger partial charge in [-0.2, -0.15) is 5.10 Å². The molecule has 0 spiro atoms. The van der Waals surface area contributed by atoms with E-state index < -0.39 is 10.0 Å². The molecule has 0 saturated heterocycles. The molecule has 4 rings (SSSR count). The number of H-pyrrole nitrogens is 1. The number of benzene rings is 2. The molecule has 0 saturated carbocycles. The minimum Gasteiger partial charge on any atom is -0.263 e. The van der Waals surface area contributed by atoms with Crippen LogP contribution >= 0.6 is 0 Å². The number of sulfonamides is 1. The maximum absolute atomic E-state index is 12.0. The normalized spacial score (nSPS) is 11.7. The lowest BCUT2D eigenvalue weighted by Gasteiger charge is -2.10. The van der Waals surface area contributed by atoms with Crippen molar-refractivity contribution >= 4 is 21.1 Å². The summed E-state index contributed by atoms with van der Waals surface area (Å²) in [6.45, 7) is 0. The molecule has 2 aromatic carbocycles. The third-order valence-electron chi connectivity index (χ3n) is 3.84. The van der Waals surface area contributed by atoms with Crippen molar-refractivity contribution in [2.75, 3.05) is 0 Å². The average Bonchev–Trinajstić information content (AvgIpc) is 3.07. The minimum absolute atomic E-state index is 0.173. The first-order valence-corrected chi connectivity index (χ1v) is 8.99. The zero-order valence-electron chi connectivity index (χ0n) is 12.9. The first-order valence-electron chi connectivity index (χ1n) is 7.44. The Kier molecular flexibility index (Phi) is 3.56. The molecule has 8 heteroatoms. The maximum atomic E-state index is 12.0. The molecule has 0 amide bonds. The summed E-state index contributed by atoms with van der Waals surface area (Å²) in [7, 11) is -4.00. The van der Waals surface area contributed by atoms with Gasteiger partial charge in [0.05, 0.1) is 5.39 Å². The van der Waals surface area contributed by atoms with E-state index in [2.05, 4.69) is 20.4 Å². The first-order chi connectivity index (χ1) is 12.1. The molecule has 0 aliphatic carbocycles. The van der Waals surface area contributed by atoms with Crippen molar-refractivity contribution in [3.8, 4) is 22.4 Å². The second-order valence-electron chi connectivity index (χ2n) is 5.45. The third-order valence-corrected chi connectivity index (χ3v) is 4.70. The van der Waals surface area contributed by atoms with Gasteiger partial charge >= 0.3 is 0 Å². The molecule has 0 unspecified atom stereocenters. The van der Waals surface area contributed by atoms with Gasteiger partial charge in [-0.1, -0.05) is 60.7 Å². The highest BCUT2D eigenvalue weighted by Crippen LogP contribution is 2.37. The van der Waals surface area contributed by atoms with Crippen molar-refractivity contribution in [3.63, 3.8) is 0 Å². The molecule has 0 fully saturated rings. The van der Waals surface area contributed by atoms with Crippen LogP contribution in [0, 0.1) is 0 Å². The largest absolute Gasteiger partial charge is 0.263 e. The van der Waals surface area contributed by atoms with Crippen LogP contribution in [0.5, 0.6) is 0 Å². The van der Waals surface area contributed by atoms with E-state index in [9.17, 15) is 8.42 Å². The summed E-state index contributed by atoms with van der Waals surface area (Å²) in [6.07, 6.45) is 0. The molecule has 0 radical (unpaired) electrons. The Morgan fingerprint density at radius 1 is 0.840 bits per heavy atom. The zero-order valence-corrected chi connectivity index (χ0v) is 13.7. The fraction of sp³-hybridized carbons (Fsp3) is 0. The van der Waals surface area contributed by atoms with Gasteiger partial charge in [0, 0.05) is 11.1 Å². The fourth-order valence-corrected chi connectivity index (χ4v) is 3.42. The van der Waals surface area contributed by atoms with Gasteiger partial charge in [-0.05, 0) is 5.56 Å². The molecule has 4 aromatic rings. The van der Waals surface area contributed by atoms with Crippen LogP contribution in [0.1, 0.15) is 0 Å². The summed E-state index contributed by atoms with van der Waals surface area (Å²) < 4.78 is 24.0. The van der Waals surface area contributed by atoms with E-state index in [0.717, 1.165) is 11.1 Å². The second-order valence-corrected chi connectivity index (χ2v) is 6.95. The molecule has 2 heterocycles. The topological polar surface area (TPSA) is 115 Å². The lowest BCUT2D eigenvalue weighted by Crippen LogP contribution is -2.13. The van der Waals surface area contributed by atoms with Gasteiger partial charge in [0.15, 0.2) is 5.03 Å². The number of primary sulfonamides is 1. The van der Waals surface area contributed by atoms with Gasteiger partial charge in [-0.25, -0.2) is 13.6 Å². The van der Waals surface area contributed by atoms with Crippen molar-refractivity contribution in [2.24, 2.45) is 5.14 Å². The Bertz CT molecular complexity index is 1160. The van der Waals surface area contributed by atoms with E-state index in [-0.39, 0.29) is 10.7 Å². The van der Waals surface area contributed by atoms with Crippen molar-refractivity contribution in [3.05, 3.63) is 60.7 Å². The van der Waals surface area contributed by atoms with E-state index in [1.54, 1.807) is 0 Å². The number of aromatic nitrogens is 4. The number of hydrogen-bond acceptors (Lipinski definition) is 5. The number of nitrogens with one attached hydrogen (secondary N) is 1. The monoisotopic (exact) mass is 351 g/mol. The van der Waals surface area contributed by atoms with E-state index in [1.165, 1.54) is 0 Å². The zero-order chi connectivity index (χ0) is 17.4. The molecule has 0 bridgehead atoms. The van der Waals surface area contributed by atoms with Gasteiger partial charge in [0.2, 0.25) is 5.65 Å². The molecular formula is C17H13N5O2S. The minimum atomic E-state index is -4.00. The summed E-state index contributed by atoms with van der Waals surface area (Å²) in [4.78, 5) is 0. The number of hydrogen-bond donors (Lipinski definition) is 2. The summed E-state index contributed by atoms with van der Waals surface area (Å²) in [5.74, 6) is 0. The van der Waals surface area contributed by atoms with Gasteiger partial charge in [0.1, 0.15) is 5.69 Å². The molecular weight excluding hydrogens is 338 g/mol. The van der Waals surface area contributed by atoms with Crippen LogP contribution in [0.25, 0.3) is 33.4 Å². The summed E-state index contributed by atoms with van der Waals surface area (Å²) >= 11 is 0. The van der Waals surface area contributed by atoms with Gasteiger partial charge in [-0.3, -0.25) is 5.10 Å². The van der Waals surface area contributed by atoms with Crippen molar-refractivity contribution < 1.29 is 8.42 Å². The molecule has 7 nitrogen and oxygen atoms in total. The molecule has 124 valence electrons. The molecule has 0 atom stereocenters. The third kappa shape index (κ3) is 2.67. The predicted molar refractivity (Wildman–Crippen MR) is 93.9 cm³/mol. The Morgan fingerprint density at radius 3 is 2.04 bits per heavy atom. The average molecular weight is 351 g/mol.